The molecule has 1 aromatic heterocycles. The van der Waals surface area contributed by atoms with Gasteiger partial charge in [-0.2, -0.15) is 0 Å². The molecule has 0 saturated carbocycles. The predicted molar refractivity (Wildman–Crippen MR) is 121 cm³/mol. The monoisotopic (exact) mass is 426 g/mol. The minimum atomic E-state index is -0.389. The molecule has 0 spiro atoms. The van der Waals surface area contributed by atoms with Crippen LogP contribution in [0.1, 0.15) is 56.2 Å². The zero-order valence-electron chi connectivity index (χ0n) is 18.5. The second-order valence-electron chi connectivity index (χ2n) is 7.96. The molecule has 1 atom stereocenters. The lowest BCUT2D eigenvalue weighted by Crippen LogP contribution is -2.06. The number of ether oxygens (including phenoxy) is 1. The molecule has 2 aromatic carbocycles. The molecule has 0 amide bonds. The van der Waals surface area contributed by atoms with Crippen LogP contribution in [-0.4, -0.2) is 29.0 Å². The van der Waals surface area contributed by atoms with E-state index in [0.717, 1.165) is 12.0 Å². The largest absolute Gasteiger partial charge is 0.508 e. The Morgan fingerprint density at radius 2 is 1.68 bits per heavy atom. The molecule has 3 aromatic rings. The summed E-state index contributed by atoms with van der Waals surface area (Å²) >= 11 is 0. The molecular formula is C25H30O6. The highest BCUT2D eigenvalue weighted by Gasteiger charge is 2.23. The summed E-state index contributed by atoms with van der Waals surface area (Å²) in [6.07, 6.45) is 2.42. The summed E-state index contributed by atoms with van der Waals surface area (Å²) in [6.45, 7) is 6.33. The normalized spacial score (nSPS) is 12.4. The molecule has 31 heavy (non-hydrogen) atoms. The standard InChI is InChI=1S/C25H30O6/c1-5-7-17-23(28)18(8-6-2)25-22(24(17)29)20(27)12-21(31-25)15-9-10-16(19(26)11-15)14(3)13-30-4/h9-12,14,26,28-29H,5-8,13H2,1-4H3. The molecule has 0 aliphatic carbocycles. The van der Waals surface area contributed by atoms with Gasteiger partial charge in [0.2, 0.25) is 0 Å². The smallest absolute Gasteiger partial charge is 0.197 e. The summed E-state index contributed by atoms with van der Waals surface area (Å²) in [5.74, 6) is 0.118. The van der Waals surface area contributed by atoms with Crippen LogP contribution in [0, 0.1) is 0 Å². The van der Waals surface area contributed by atoms with Gasteiger partial charge in [0.25, 0.3) is 0 Å². The number of hydrogen-bond donors (Lipinski definition) is 3. The lowest BCUT2D eigenvalue weighted by Gasteiger charge is -2.16. The van der Waals surface area contributed by atoms with Gasteiger partial charge < -0.3 is 24.5 Å². The van der Waals surface area contributed by atoms with Gasteiger partial charge in [0.15, 0.2) is 5.43 Å². The highest BCUT2D eigenvalue weighted by molar-refractivity contribution is 5.91. The van der Waals surface area contributed by atoms with Crippen molar-refractivity contribution < 1.29 is 24.5 Å². The van der Waals surface area contributed by atoms with Crippen molar-refractivity contribution >= 4 is 11.0 Å². The van der Waals surface area contributed by atoms with Crippen LogP contribution in [0.3, 0.4) is 0 Å². The lowest BCUT2D eigenvalue weighted by atomic mass is 9.96. The van der Waals surface area contributed by atoms with Crippen molar-refractivity contribution in [3.63, 3.8) is 0 Å². The summed E-state index contributed by atoms with van der Waals surface area (Å²) in [5, 5.41) is 32.1. The van der Waals surface area contributed by atoms with E-state index in [1.54, 1.807) is 25.3 Å². The molecule has 0 bridgehead atoms. The Morgan fingerprint density at radius 1 is 1.00 bits per heavy atom. The highest BCUT2D eigenvalue weighted by atomic mass is 16.5. The zero-order chi connectivity index (χ0) is 22.7. The SMILES string of the molecule is CCCc1c(O)c(CCC)c2oc(-c3ccc(C(C)COC)c(O)c3)cc(=O)c2c1O. The van der Waals surface area contributed by atoms with Crippen LogP contribution in [0.4, 0.5) is 0 Å². The van der Waals surface area contributed by atoms with Gasteiger partial charge in [-0.25, -0.2) is 0 Å². The van der Waals surface area contributed by atoms with Crippen LogP contribution < -0.4 is 5.43 Å². The van der Waals surface area contributed by atoms with Gasteiger partial charge in [-0.1, -0.05) is 45.7 Å². The third-order valence-electron chi connectivity index (χ3n) is 5.58. The van der Waals surface area contributed by atoms with Crippen LogP contribution in [0.2, 0.25) is 0 Å². The van der Waals surface area contributed by atoms with Crippen LogP contribution in [0.15, 0.2) is 33.5 Å². The first kappa shape index (κ1) is 22.7. The average Bonchev–Trinajstić information content (AvgIpc) is 2.73. The van der Waals surface area contributed by atoms with E-state index in [9.17, 15) is 20.1 Å². The van der Waals surface area contributed by atoms with E-state index in [4.69, 9.17) is 9.15 Å². The molecule has 1 heterocycles. The fourth-order valence-corrected chi connectivity index (χ4v) is 4.05. The van der Waals surface area contributed by atoms with E-state index in [0.29, 0.717) is 42.6 Å². The summed E-state index contributed by atoms with van der Waals surface area (Å²) in [4.78, 5) is 13.0. The maximum Gasteiger partial charge on any atom is 0.197 e. The van der Waals surface area contributed by atoms with E-state index in [1.807, 2.05) is 20.8 Å². The number of benzene rings is 2. The van der Waals surface area contributed by atoms with E-state index >= 15 is 0 Å². The first-order valence-corrected chi connectivity index (χ1v) is 10.7. The first-order valence-electron chi connectivity index (χ1n) is 10.7. The van der Waals surface area contributed by atoms with Crippen LogP contribution in [-0.2, 0) is 17.6 Å². The van der Waals surface area contributed by atoms with E-state index in [1.165, 1.54) is 6.07 Å². The summed E-state index contributed by atoms with van der Waals surface area (Å²) < 4.78 is 11.2. The van der Waals surface area contributed by atoms with Crippen molar-refractivity contribution in [2.24, 2.45) is 0 Å². The molecule has 6 heteroatoms. The first-order chi connectivity index (χ1) is 14.8. The Morgan fingerprint density at radius 3 is 2.29 bits per heavy atom. The van der Waals surface area contributed by atoms with Crippen LogP contribution in [0.25, 0.3) is 22.3 Å². The van der Waals surface area contributed by atoms with Crippen LogP contribution >= 0.6 is 0 Å². The number of aryl methyl sites for hydroxylation is 1. The predicted octanol–water partition coefficient (Wildman–Crippen LogP) is 5.23. The third kappa shape index (κ3) is 4.26. The summed E-state index contributed by atoms with van der Waals surface area (Å²) in [7, 11) is 1.61. The molecule has 3 rings (SSSR count). The van der Waals surface area contributed by atoms with E-state index in [-0.39, 0.29) is 45.3 Å². The summed E-state index contributed by atoms with van der Waals surface area (Å²) in [5.41, 5.74) is 1.97. The lowest BCUT2D eigenvalue weighted by molar-refractivity contribution is 0.183. The number of phenolic OH excluding ortho intramolecular Hbond substituents is 3. The topological polar surface area (TPSA) is 100 Å². The van der Waals surface area contributed by atoms with Gasteiger partial charge in [0.05, 0.1) is 6.61 Å². The maximum absolute atomic E-state index is 13.0. The molecule has 0 saturated heterocycles. The van der Waals surface area contributed by atoms with Crippen molar-refractivity contribution in [3.05, 3.63) is 51.2 Å². The van der Waals surface area contributed by atoms with Gasteiger partial charge in [-0.3, -0.25) is 4.79 Å². The minimum absolute atomic E-state index is 0.00435. The fourth-order valence-electron chi connectivity index (χ4n) is 4.05. The Hall–Kier alpha value is -2.99. The number of hydrogen-bond acceptors (Lipinski definition) is 6. The molecule has 0 aliphatic rings. The Kier molecular flexibility index (Phi) is 6.91. The van der Waals surface area contributed by atoms with Gasteiger partial charge in [0, 0.05) is 35.8 Å². The number of fused-ring (bicyclic) bond motifs is 1. The van der Waals surface area contributed by atoms with Gasteiger partial charge in [-0.05, 0) is 24.5 Å². The molecule has 6 nitrogen and oxygen atoms in total. The minimum Gasteiger partial charge on any atom is -0.508 e. The molecule has 166 valence electrons. The summed E-state index contributed by atoms with van der Waals surface area (Å²) in [6, 6.07) is 6.43. The third-order valence-corrected chi connectivity index (χ3v) is 5.58. The quantitative estimate of drug-likeness (QED) is 0.456. The van der Waals surface area contributed by atoms with Crippen molar-refractivity contribution in [1.82, 2.24) is 0 Å². The molecule has 1 unspecified atom stereocenters. The average molecular weight is 427 g/mol. The highest BCUT2D eigenvalue weighted by Crippen LogP contribution is 2.41. The second-order valence-corrected chi connectivity index (χ2v) is 7.96. The van der Waals surface area contributed by atoms with Crippen LogP contribution in [0.5, 0.6) is 17.2 Å². The van der Waals surface area contributed by atoms with Gasteiger partial charge >= 0.3 is 0 Å². The van der Waals surface area contributed by atoms with Gasteiger partial charge in [-0.15, -0.1) is 0 Å². The molecule has 3 N–H and O–H groups in total. The number of methoxy groups -OCH3 is 1. The second kappa shape index (κ2) is 9.43. The Balaban J connectivity index is 2.22. The van der Waals surface area contributed by atoms with E-state index < -0.39 is 0 Å². The molecule has 0 radical (unpaired) electrons. The number of phenols is 3. The molecule has 0 aliphatic heterocycles. The molecular weight excluding hydrogens is 396 g/mol. The Labute approximate surface area is 181 Å². The molecule has 0 fully saturated rings. The number of rotatable bonds is 8. The van der Waals surface area contributed by atoms with Gasteiger partial charge in [0.1, 0.15) is 34.0 Å². The van der Waals surface area contributed by atoms with Crippen molar-refractivity contribution in [3.8, 4) is 28.6 Å². The fraction of sp³-hybridized carbons (Fsp3) is 0.400. The van der Waals surface area contributed by atoms with Crippen molar-refractivity contribution in [2.75, 3.05) is 13.7 Å². The maximum atomic E-state index is 13.0. The number of aromatic hydroxyl groups is 3. The van der Waals surface area contributed by atoms with Crippen molar-refractivity contribution in [2.45, 2.75) is 52.4 Å². The Bertz CT molecular complexity index is 1150. The van der Waals surface area contributed by atoms with Crippen molar-refractivity contribution in [1.29, 1.82) is 0 Å². The zero-order valence-corrected chi connectivity index (χ0v) is 18.5. The van der Waals surface area contributed by atoms with E-state index in [2.05, 4.69) is 0 Å².